The molecule has 0 saturated heterocycles. The summed E-state index contributed by atoms with van der Waals surface area (Å²) in [6.45, 7) is 0. The number of rotatable bonds is 0. The lowest BCUT2D eigenvalue weighted by molar-refractivity contribution is -0.117. The molecule has 7 heavy (non-hydrogen) atoms. The number of carbonyl (C=O) groups excluding carboxylic acids is 1. The Labute approximate surface area is 49.5 Å². The molecule has 0 N–H and O–H groups in total. The van der Waals surface area contributed by atoms with Crippen LogP contribution in [0.3, 0.4) is 0 Å². The molecule has 1 aliphatic rings. The minimum Gasteiger partial charge on any atom is -0.300 e. The molecule has 0 aromatic rings. The van der Waals surface area contributed by atoms with Gasteiger partial charge in [-0.15, -0.1) is 12.4 Å². The van der Waals surface area contributed by atoms with Crippen LogP contribution in [-0.2, 0) is 4.79 Å². The Hall–Kier alpha value is -0.0400. The summed E-state index contributed by atoms with van der Waals surface area (Å²) >= 11 is 0. The summed E-state index contributed by atoms with van der Waals surface area (Å²) in [5.74, 6) is 0.454. The SMILES string of the molecule is Cl.O=C1CCCC1. The van der Waals surface area contributed by atoms with Gasteiger partial charge in [0.25, 0.3) is 0 Å². The molecule has 1 aliphatic carbocycles. The molecule has 1 nitrogen and oxygen atoms in total. The van der Waals surface area contributed by atoms with Crippen LogP contribution in [0.25, 0.3) is 0 Å². The molecule has 1 saturated carbocycles. The van der Waals surface area contributed by atoms with Crippen LogP contribution >= 0.6 is 12.4 Å². The second-order valence-corrected chi connectivity index (χ2v) is 1.75. The van der Waals surface area contributed by atoms with E-state index >= 15 is 0 Å². The normalized spacial score (nSPS) is 19.1. The van der Waals surface area contributed by atoms with Gasteiger partial charge in [-0.2, -0.15) is 0 Å². The van der Waals surface area contributed by atoms with E-state index in [1.165, 1.54) is 0 Å². The largest absolute Gasteiger partial charge is 0.300 e. The molecule has 0 heterocycles. The third-order valence-electron chi connectivity index (χ3n) is 1.16. The average molecular weight is 121 g/mol. The van der Waals surface area contributed by atoms with Gasteiger partial charge in [-0.1, -0.05) is 0 Å². The third kappa shape index (κ3) is 1.93. The first-order chi connectivity index (χ1) is 2.89. The first-order valence-electron chi connectivity index (χ1n) is 2.41. The van der Waals surface area contributed by atoms with Crippen LogP contribution in [0.4, 0.5) is 0 Å². The lowest BCUT2D eigenvalue weighted by Gasteiger charge is -1.71. The summed E-state index contributed by atoms with van der Waals surface area (Å²) in [6, 6.07) is 0. The van der Waals surface area contributed by atoms with Crippen LogP contribution in [-0.4, -0.2) is 5.78 Å². The predicted octanol–water partition coefficient (Wildman–Crippen LogP) is 1.55. The van der Waals surface area contributed by atoms with Crippen molar-refractivity contribution in [3.05, 3.63) is 0 Å². The minimum absolute atomic E-state index is 0. The zero-order valence-electron chi connectivity index (χ0n) is 4.14. The maximum absolute atomic E-state index is 10.2. The Morgan fingerprint density at radius 2 is 1.57 bits per heavy atom. The molecule has 0 radical (unpaired) electrons. The molecule has 42 valence electrons. The number of Topliss-reactive ketones (excluding diaryl/α,β-unsaturated/α-hetero) is 1. The fraction of sp³-hybridized carbons (Fsp3) is 0.800. The predicted molar refractivity (Wildman–Crippen MR) is 30.7 cm³/mol. The van der Waals surface area contributed by atoms with E-state index in [2.05, 4.69) is 0 Å². The molecule has 0 spiro atoms. The molecule has 1 rings (SSSR count). The summed E-state index contributed by atoms with van der Waals surface area (Å²) in [4.78, 5) is 10.2. The van der Waals surface area contributed by atoms with Gasteiger partial charge in [-0.05, 0) is 12.8 Å². The molecule has 0 aliphatic heterocycles. The first-order valence-corrected chi connectivity index (χ1v) is 2.41. The second kappa shape index (κ2) is 3.03. The fourth-order valence-corrected chi connectivity index (χ4v) is 0.769. The molecule has 0 atom stereocenters. The van der Waals surface area contributed by atoms with Crippen molar-refractivity contribution < 1.29 is 4.79 Å². The van der Waals surface area contributed by atoms with E-state index in [1.54, 1.807) is 0 Å². The molecule has 0 bridgehead atoms. The average Bonchev–Trinajstić information content (AvgIpc) is 1.86. The first kappa shape index (κ1) is 6.96. The summed E-state index contributed by atoms with van der Waals surface area (Å²) in [6.07, 6.45) is 3.97. The summed E-state index contributed by atoms with van der Waals surface area (Å²) in [7, 11) is 0. The summed E-state index contributed by atoms with van der Waals surface area (Å²) in [5.41, 5.74) is 0. The second-order valence-electron chi connectivity index (χ2n) is 1.75. The van der Waals surface area contributed by atoms with Crippen molar-refractivity contribution in [2.45, 2.75) is 25.7 Å². The lowest BCUT2D eigenvalue weighted by Crippen LogP contribution is -1.81. The number of hydrogen-bond donors (Lipinski definition) is 0. The summed E-state index contributed by atoms with van der Waals surface area (Å²) < 4.78 is 0. The number of halogens is 1. The van der Waals surface area contributed by atoms with Crippen LogP contribution < -0.4 is 0 Å². The zero-order chi connectivity index (χ0) is 4.41. The number of carbonyl (C=O) groups is 1. The van der Waals surface area contributed by atoms with Gasteiger partial charge in [0.1, 0.15) is 5.78 Å². The van der Waals surface area contributed by atoms with Crippen LogP contribution in [0.1, 0.15) is 25.7 Å². The van der Waals surface area contributed by atoms with Crippen molar-refractivity contribution in [3.8, 4) is 0 Å². The van der Waals surface area contributed by atoms with Crippen LogP contribution in [0.15, 0.2) is 0 Å². The number of ketones is 1. The van der Waals surface area contributed by atoms with Gasteiger partial charge < -0.3 is 0 Å². The Morgan fingerprint density at radius 1 is 1.14 bits per heavy atom. The number of hydrogen-bond acceptors (Lipinski definition) is 1. The maximum atomic E-state index is 10.2. The highest BCUT2D eigenvalue weighted by Gasteiger charge is 2.07. The van der Waals surface area contributed by atoms with Crippen molar-refractivity contribution in [2.24, 2.45) is 0 Å². The highest BCUT2D eigenvalue weighted by molar-refractivity contribution is 5.85. The van der Waals surface area contributed by atoms with E-state index in [0.29, 0.717) is 5.78 Å². The van der Waals surface area contributed by atoms with Crippen LogP contribution in [0, 0.1) is 0 Å². The zero-order valence-corrected chi connectivity index (χ0v) is 4.96. The molecule has 2 heteroatoms. The van der Waals surface area contributed by atoms with Gasteiger partial charge in [0.05, 0.1) is 0 Å². The van der Waals surface area contributed by atoms with Crippen LogP contribution in [0.2, 0.25) is 0 Å². The highest BCUT2D eigenvalue weighted by Crippen LogP contribution is 2.11. The van der Waals surface area contributed by atoms with Crippen molar-refractivity contribution >= 4 is 18.2 Å². The Bertz CT molecular complexity index is 62.5. The topological polar surface area (TPSA) is 17.1 Å². The van der Waals surface area contributed by atoms with E-state index in [1.807, 2.05) is 0 Å². The van der Waals surface area contributed by atoms with E-state index in [9.17, 15) is 4.79 Å². The van der Waals surface area contributed by atoms with Gasteiger partial charge in [0, 0.05) is 12.8 Å². The van der Waals surface area contributed by atoms with Gasteiger partial charge in [0.15, 0.2) is 0 Å². The Kier molecular flexibility index (Phi) is 3.01. The third-order valence-corrected chi connectivity index (χ3v) is 1.16. The molecular formula is C5H9ClO. The van der Waals surface area contributed by atoms with Crippen molar-refractivity contribution in [3.63, 3.8) is 0 Å². The standard InChI is InChI=1S/C5H8O.ClH/c6-5-3-1-2-4-5;/h1-4H2;1H. The molecule has 1 fully saturated rings. The molecule has 0 aromatic carbocycles. The van der Waals surface area contributed by atoms with Crippen molar-refractivity contribution in [1.82, 2.24) is 0 Å². The quantitative estimate of drug-likeness (QED) is 0.474. The Morgan fingerprint density at radius 3 is 1.71 bits per heavy atom. The fourth-order valence-electron chi connectivity index (χ4n) is 0.769. The van der Waals surface area contributed by atoms with Crippen LogP contribution in [0.5, 0.6) is 0 Å². The minimum atomic E-state index is 0. The molecule has 0 amide bonds. The van der Waals surface area contributed by atoms with Crippen molar-refractivity contribution in [1.29, 1.82) is 0 Å². The van der Waals surface area contributed by atoms with E-state index in [-0.39, 0.29) is 12.4 Å². The summed E-state index contributed by atoms with van der Waals surface area (Å²) in [5, 5.41) is 0. The Balaban J connectivity index is 0.000000360. The van der Waals surface area contributed by atoms with Gasteiger partial charge in [-0.25, -0.2) is 0 Å². The molecule has 0 unspecified atom stereocenters. The monoisotopic (exact) mass is 120 g/mol. The van der Waals surface area contributed by atoms with Gasteiger partial charge >= 0.3 is 0 Å². The molecular weight excluding hydrogens is 112 g/mol. The van der Waals surface area contributed by atoms with Crippen molar-refractivity contribution in [2.75, 3.05) is 0 Å². The smallest absolute Gasteiger partial charge is 0.132 e. The maximum Gasteiger partial charge on any atom is 0.132 e. The highest BCUT2D eigenvalue weighted by atomic mass is 35.5. The molecule has 0 aromatic heterocycles. The van der Waals surface area contributed by atoms with Gasteiger partial charge in [0.2, 0.25) is 0 Å². The van der Waals surface area contributed by atoms with E-state index in [0.717, 1.165) is 25.7 Å². The van der Waals surface area contributed by atoms with Gasteiger partial charge in [-0.3, -0.25) is 4.79 Å². The lowest BCUT2D eigenvalue weighted by atomic mass is 10.4. The van der Waals surface area contributed by atoms with E-state index in [4.69, 9.17) is 0 Å². The van der Waals surface area contributed by atoms with E-state index < -0.39 is 0 Å².